The molecule has 0 heterocycles. The van der Waals surface area contributed by atoms with Gasteiger partial charge in [-0.25, -0.2) is 13.2 Å². The fourth-order valence-corrected chi connectivity index (χ4v) is 4.77. The Morgan fingerprint density at radius 3 is 2.28 bits per heavy atom. The van der Waals surface area contributed by atoms with Crippen molar-refractivity contribution in [2.75, 3.05) is 6.61 Å². The molecule has 0 aromatic heterocycles. The lowest BCUT2D eigenvalue weighted by atomic mass is 9.79. The van der Waals surface area contributed by atoms with E-state index in [1.165, 1.54) is 6.07 Å². The predicted octanol–water partition coefficient (Wildman–Crippen LogP) is 9.58. The number of benzene rings is 3. The van der Waals surface area contributed by atoms with Crippen molar-refractivity contribution in [3.8, 4) is 16.9 Å². The normalized spacial score (nSPS) is 17.9. The summed E-state index contributed by atoms with van der Waals surface area (Å²) >= 11 is 0. The summed E-state index contributed by atoms with van der Waals surface area (Å²) in [4.78, 5) is 0. The second-order valence-electron chi connectivity index (χ2n) is 9.71. The van der Waals surface area contributed by atoms with Crippen LogP contribution in [0.4, 0.5) is 13.2 Å². The summed E-state index contributed by atoms with van der Waals surface area (Å²) in [6.45, 7) is 6.32. The zero-order valence-electron chi connectivity index (χ0n) is 20.8. The maximum Gasteiger partial charge on any atom is 0.166 e. The Morgan fingerprint density at radius 2 is 1.58 bits per heavy atom. The van der Waals surface area contributed by atoms with Crippen LogP contribution in [0.15, 0.2) is 67.3 Å². The quantitative estimate of drug-likeness (QED) is 0.165. The van der Waals surface area contributed by atoms with Crippen LogP contribution in [0, 0.1) is 23.4 Å². The number of rotatable bonds is 9. The van der Waals surface area contributed by atoms with E-state index < -0.39 is 17.5 Å². The van der Waals surface area contributed by atoms with Crippen molar-refractivity contribution < 1.29 is 17.9 Å². The lowest BCUT2D eigenvalue weighted by Crippen LogP contribution is -2.13. The van der Waals surface area contributed by atoms with Gasteiger partial charge in [0.1, 0.15) is 0 Å². The molecule has 0 unspecified atom stereocenters. The largest absolute Gasteiger partial charge is 0.491 e. The fourth-order valence-electron chi connectivity index (χ4n) is 4.77. The van der Waals surface area contributed by atoms with E-state index in [1.807, 2.05) is 36.4 Å². The van der Waals surface area contributed by atoms with Crippen LogP contribution in [-0.2, 0) is 0 Å². The van der Waals surface area contributed by atoms with E-state index in [9.17, 15) is 13.2 Å². The highest BCUT2D eigenvalue weighted by Gasteiger charge is 2.24. The first kappa shape index (κ1) is 25.8. The molecular formula is C32H33F3O. The average molecular weight is 491 g/mol. The van der Waals surface area contributed by atoms with E-state index >= 15 is 0 Å². The van der Waals surface area contributed by atoms with E-state index in [0.717, 1.165) is 55.2 Å². The van der Waals surface area contributed by atoms with Crippen LogP contribution in [0.5, 0.6) is 5.75 Å². The zero-order valence-corrected chi connectivity index (χ0v) is 20.8. The van der Waals surface area contributed by atoms with Gasteiger partial charge in [-0.3, -0.25) is 0 Å². The van der Waals surface area contributed by atoms with Crippen LogP contribution < -0.4 is 4.74 Å². The third-order valence-corrected chi connectivity index (χ3v) is 7.04. The lowest BCUT2D eigenvalue weighted by molar-refractivity contribution is 0.297. The zero-order chi connectivity index (χ0) is 25.5. The van der Waals surface area contributed by atoms with Gasteiger partial charge in [0.2, 0.25) is 0 Å². The van der Waals surface area contributed by atoms with Gasteiger partial charge in [0, 0.05) is 5.56 Å². The van der Waals surface area contributed by atoms with Gasteiger partial charge < -0.3 is 4.74 Å². The van der Waals surface area contributed by atoms with Crippen molar-refractivity contribution in [1.82, 2.24) is 0 Å². The molecule has 36 heavy (non-hydrogen) atoms. The molecule has 0 bridgehead atoms. The van der Waals surface area contributed by atoms with E-state index in [2.05, 4.69) is 13.5 Å². The smallest absolute Gasteiger partial charge is 0.166 e. The molecule has 0 spiro atoms. The van der Waals surface area contributed by atoms with E-state index in [4.69, 9.17) is 4.74 Å². The molecule has 4 heteroatoms. The van der Waals surface area contributed by atoms with Crippen molar-refractivity contribution in [2.45, 2.75) is 51.4 Å². The number of hydrogen-bond donors (Lipinski definition) is 0. The van der Waals surface area contributed by atoms with E-state index in [0.29, 0.717) is 18.1 Å². The van der Waals surface area contributed by atoms with E-state index in [1.54, 1.807) is 30.4 Å². The molecule has 1 nitrogen and oxygen atoms in total. The van der Waals surface area contributed by atoms with Crippen molar-refractivity contribution in [3.63, 3.8) is 0 Å². The highest BCUT2D eigenvalue weighted by molar-refractivity contribution is 5.72. The second kappa shape index (κ2) is 12.1. The Kier molecular flexibility index (Phi) is 8.69. The minimum Gasteiger partial charge on any atom is -0.491 e. The second-order valence-corrected chi connectivity index (χ2v) is 9.71. The Bertz CT molecular complexity index is 1200. The summed E-state index contributed by atoms with van der Waals surface area (Å²) < 4.78 is 49.6. The molecule has 1 aliphatic rings. The first-order valence-electron chi connectivity index (χ1n) is 12.8. The first-order chi connectivity index (χ1) is 17.5. The van der Waals surface area contributed by atoms with Gasteiger partial charge in [0.15, 0.2) is 23.2 Å². The van der Waals surface area contributed by atoms with Crippen LogP contribution in [0.2, 0.25) is 0 Å². The molecule has 3 aromatic carbocycles. The average Bonchev–Trinajstić information content (AvgIpc) is 2.89. The molecule has 0 amide bonds. The Morgan fingerprint density at radius 1 is 0.861 bits per heavy atom. The summed E-state index contributed by atoms with van der Waals surface area (Å²) in [5.41, 5.74) is 3.16. The van der Waals surface area contributed by atoms with Gasteiger partial charge in [-0.15, -0.1) is 6.58 Å². The van der Waals surface area contributed by atoms with Crippen molar-refractivity contribution in [3.05, 3.63) is 101 Å². The SMILES string of the molecule is C=CCCCOc1ccc(-c2ccc(/C=C/c3ccc(C4CCC(C)CC4)c(F)c3F)cc2)cc1F. The summed E-state index contributed by atoms with van der Waals surface area (Å²) in [5.74, 6) is -0.917. The third-order valence-electron chi connectivity index (χ3n) is 7.04. The molecule has 1 saturated carbocycles. The molecule has 0 saturated heterocycles. The molecule has 0 aliphatic heterocycles. The van der Waals surface area contributed by atoms with Crippen LogP contribution >= 0.6 is 0 Å². The molecule has 188 valence electrons. The summed E-state index contributed by atoms with van der Waals surface area (Å²) in [5, 5.41) is 0. The van der Waals surface area contributed by atoms with Crippen molar-refractivity contribution in [2.24, 2.45) is 5.92 Å². The van der Waals surface area contributed by atoms with Crippen LogP contribution in [0.3, 0.4) is 0 Å². The minimum absolute atomic E-state index is 0.101. The fraction of sp³-hybridized carbons (Fsp3) is 0.312. The topological polar surface area (TPSA) is 9.23 Å². The molecule has 1 aliphatic carbocycles. The summed E-state index contributed by atoms with van der Waals surface area (Å²) in [7, 11) is 0. The van der Waals surface area contributed by atoms with Crippen LogP contribution in [0.25, 0.3) is 23.3 Å². The Hall–Kier alpha value is -3.27. The lowest BCUT2D eigenvalue weighted by Gasteiger charge is -2.27. The molecule has 4 rings (SSSR count). The monoisotopic (exact) mass is 490 g/mol. The van der Waals surface area contributed by atoms with Crippen molar-refractivity contribution in [1.29, 1.82) is 0 Å². The summed E-state index contributed by atoms with van der Waals surface area (Å²) in [6, 6.07) is 15.8. The van der Waals surface area contributed by atoms with Gasteiger partial charge in [0.25, 0.3) is 0 Å². The Balaban J connectivity index is 1.42. The minimum atomic E-state index is -0.790. The van der Waals surface area contributed by atoms with Gasteiger partial charge in [-0.05, 0) is 71.9 Å². The highest BCUT2D eigenvalue weighted by atomic mass is 19.2. The molecule has 0 atom stereocenters. The number of halogens is 3. The van der Waals surface area contributed by atoms with Gasteiger partial charge >= 0.3 is 0 Å². The molecule has 3 aromatic rings. The van der Waals surface area contributed by atoms with Crippen LogP contribution in [-0.4, -0.2) is 6.61 Å². The third kappa shape index (κ3) is 6.29. The summed E-state index contributed by atoms with van der Waals surface area (Å²) in [6.07, 6.45) is 10.7. The highest BCUT2D eigenvalue weighted by Crippen LogP contribution is 2.37. The number of unbranched alkanes of at least 4 members (excludes halogenated alkanes) is 1. The molecule has 0 N–H and O–H groups in total. The van der Waals surface area contributed by atoms with Gasteiger partial charge in [-0.2, -0.15) is 0 Å². The van der Waals surface area contributed by atoms with Gasteiger partial charge in [-0.1, -0.05) is 80.5 Å². The maximum absolute atomic E-state index is 14.8. The molecular weight excluding hydrogens is 457 g/mol. The Labute approximate surface area is 212 Å². The van der Waals surface area contributed by atoms with Crippen molar-refractivity contribution >= 4 is 12.2 Å². The van der Waals surface area contributed by atoms with Gasteiger partial charge in [0.05, 0.1) is 6.61 Å². The maximum atomic E-state index is 14.8. The van der Waals surface area contributed by atoms with E-state index in [-0.39, 0.29) is 17.2 Å². The standard InChI is InChI=1S/C32H33F3O/c1-3-4-5-20-36-30-19-17-27(21-29(30)33)24-13-8-23(9-14-24)10-15-26-16-18-28(32(35)31(26)34)25-11-6-22(2)7-12-25/h3,8-10,13-19,21-22,25H,1,4-7,11-12,20H2,2H3/b15-10+. The predicted molar refractivity (Wildman–Crippen MR) is 142 cm³/mol. The number of hydrogen-bond acceptors (Lipinski definition) is 1. The molecule has 1 fully saturated rings. The number of ether oxygens (including phenoxy) is 1. The van der Waals surface area contributed by atoms with Crippen LogP contribution in [0.1, 0.15) is 68.1 Å². The number of allylic oxidation sites excluding steroid dienone is 1. The molecule has 0 radical (unpaired) electrons. The first-order valence-corrected chi connectivity index (χ1v) is 12.8.